The molecule has 2 aromatic rings. The number of aryl methyl sites for hydroxylation is 1. The van der Waals surface area contributed by atoms with Gasteiger partial charge in [-0.05, 0) is 24.1 Å². The van der Waals surface area contributed by atoms with Gasteiger partial charge in [-0.1, -0.05) is 30.3 Å². The van der Waals surface area contributed by atoms with E-state index in [0.29, 0.717) is 12.4 Å². The van der Waals surface area contributed by atoms with Gasteiger partial charge in [-0.2, -0.15) is 0 Å². The molecule has 4 heteroatoms. The summed E-state index contributed by atoms with van der Waals surface area (Å²) >= 11 is 0. The van der Waals surface area contributed by atoms with E-state index in [1.54, 1.807) is 6.07 Å². The van der Waals surface area contributed by atoms with Crippen LogP contribution in [-0.2, 0) is 6.61 Å². The number of hydrogen-bond acceptors (Lipinski definition) is 3. The van der Waals surface area contributed by atoms with Crippen LogP contribution in [0.2, 0.25) is 0 Å². The van der Waals surface area contributed by atoms with Gasteiger partial charge in [-0.3, -0.25) is 0 Å². The second kappa shape index (κ2) is 5.31. The number of hydrogen-bond donors (Lipinski definition) is 1. The highest BCUT2D eigenvalue weighted by Gasteiger charge is 2.13. The highest BCUT2D eigenvalue weighted by atomic mass is 16.5. The van der Waals surface area contributed by atoms with Crippen molar-refractivity contribution in [3.8, 4) is 5.75 Å². The van der Waals surface area contributed by atoms with Gasteiger partial charge in [0.25, 0.3) is 0 Å². The number of pyridine rings is 1. The molecule has 0 saturated carbocycles. The molecule has 0 radical (unpaired) electrons. The zero-order chi connectivity index (χ0) is 13.0. The van der Waals surface area contributed by atoms with E-state index in [9.17, 15) is 4.79 Å². The Bertz CT molecular complexity index is 552. The molecule has 0 aliphatic heterocycles. The topological polar surface area (TPSA) is 59.4 Å². The van der Waals surface area contributed by atoms with Gasteiger partial charge >= 0.3 is 5.97 Å². The molecule has 0 atom stereocenters. The van der Waals surface area contributed by atoms with Crippen LogP contribution in [-0.4, -0.2) is 16.1 Å². The molecule has 0 amide bonds. The maximum atomic E-state index is 11.0. The smallest absolute Gasteiger partial charge is 0.358 e. The van der Waals surface area contributed by atoms with Crippen molar-refractivity contribution in [2.24, 2.45) is 0 Å². The lowest BCUT2D eigenvalue weighted by molar-refractivity contribution is 0.0685. The third kappa shape index (κ3) is 2.85. The fraction of sp³-hybridized carbons (Fsp3) is 0.143. The van der Waals surface area contributed by atoms with E-state index in [1.165, 1.54) is 6.20 Å². The number of carboxylic acids is 1. The molecular weight excluding hydrogens is 230 g/mol. The quantitative estimate of drug-likeness (QED) is 0.896. The lowest BCUT2D eigenvalue weighted by Crippen LogP contribution is -2.06. The summed E-state index contributed by atoms with van der Waals surface area (Å²) in [6, 6.07) is 11.3. The zero-order valence-electron chi connectivity index (χ0n) is 9.96. The third-order valence-electron chi connectivity index (χ3n) is 2.43. The Labute approximate surface area is 105 Å². The fourth-order valence-electron chi connectivity index (χ4n) is 1.55. The minimum Gasteiger partial charge on any atom is -0.486 e. The first-order valence-corrected chi connectivity index (χ1v) is 5.53. The molecule has 0 bridgehead atoms. The van der Waals surface area contributed by atoms with Crippen LogP contribution in [0.4, 0.5) is 0 Å². The van der Waals surface area contributed by atoms with Gasteiger partial charge in [0.2, 0.25) is 0 Å². The molecule has 0 fully saturated rings. The Morgan fingerprint density at radius 3 is 2.72 bits per heavy atom. The predicted molar refractivity (Wildman–Crippen MR) is 66.7 cm³/mol. The van der Waals surface area contributed by atoms with E-state index in [4.69, 9.17) is 9.84 Å². The van der Waals surface area contributed by atoms with Gasteiger partial charge in [0.05, 0.1) is 0 Å². The number of ether oxygens (including phenoxy) is 1. The van der Waals surface area contributed by atoms with Crippen molar-refractivity contribution < 1.29 is 14.6 Å². The molecule has 0 saturated heterocycles. The van der Waals surface area contributed by atoms with Gasteiger partial charge in [0, 0.05) is 6.20 Å². The first-order valence-electron chi connectivity index (χ1n) is 5.53. The molecule has 2 rings (SSSR count). The third-order valence-corrected chi connectivity index (χ3v) is 2.43. The second-order valence-corrected chi connectivity index (χ2v) is 3.94. The summed E-state index contributed by atoms with van der Waals surface area (Å²) in [7, 11) is 0. The summed E-state index contributed by atoms with van der Waals surface area (Å²) in [5.41, 5.74) is 1.79. The summed E-state index contributed by atoms with van der Waals surface area (Å²) in [5, 5.41) is 9.01. The van der Waals surface area contributed by atoms with Crippen LogP contribution in [0.25, 0.3) is 0 Å². The Morgan fingerprint density at radius 2 is 2.06 bits per heavy atom. The minimum absolute atomic E-state index is 0.0588. The van der Waals surface area contributed by atoms with Crippen LogP contribution in [0.3, 0.4) is 0 Å². The van der Waals surface area contributed by atoms with Gasteiger partial charge < -0.3 is 9.84 Å². The molecule has 4 nitrogen and oxygen atoms in total. The summed E-state index contributed by atoms with van der Waals surface area (Å²) in [5.74, 6) is -0.788. The molecule has 18 heavy (non-hydrogen) atoms. The molecular formula is C14H13NO3. The van der Waals surface area contributed by atoms with Crippen molar-refractivity contribution in [2.45, 2.75) is 13.5 Å². The normalized spacial score (nSPS) is 10.1. The number of benzene rings is 1. The molecule has 92 valence electrons. The maximum Gasteiger partial charge on any atom is 0.358 e. The van der Waals surface area contributed by atoms with E-state index >= 15 is 0 Å². The van der Waals surface area contributed by atoms with Gasteiger partial charge in [-0.25, -0.2) is 9.78 Å². The zero-order valence-corrected chi connectivity index (χ0v) is 9.96. The Kier molecular flexibility index (Phi) is 3.57. The number of carboxylic acid groups (broad SMARTS) is 1. The van der Waals surface area contributed by atoms with Crippen molar-refractivity contribution in [2.75, 3.05) is 0 Å². The lowest BCUT2D eigenvalue weighted by atomic mass is 10.2. The van der Waals surface area contributed by atoms with Crippen molar-refractivity contribution in [3.63, 3.8) is 0 Å². The van der Waals surface area contributed by atoms with Crippen LogP contribution in [0.5, 0.6) is 5.75 Å². The molecule has 1 aromatic heterocycles. The summed E-state index contributed by atoms with van der Waals surface area (Å²) in [6.07, 6.45) is 1.51. The van der Waals surface area contributed by atoms with E-state index in [1.807, 2.05) is 37.3 Å². The second-order valence-electron chi connectivity index (χ2n) is 3.94. The number of aromatic carboxylic acids is 1. The van der Waals surface area contributed by atoms with Crippen LogP contribution >= 0.6 is 0 Å². The summed E-state index contributed by atoms with van der Waals surface area (Å²) in [6.45, 7) is 2.17. The largest absolute Gasteiger partial charge is 0.486 e. The highest BCUT2D eigenvalue weighted by molar-refractivity contribution is 5.88. The van der Waals surface area contributed by atoms with Crippen LogP contribution in [0.15, 0.2) is 42.6 Å². The van der Waals surface area contributed by atoms with Gasteiger partial charge in [0.15, 0.2) is 11.4 Å². The molecule has 0 aliphatic carbocycles. The minimum atomic E-state index is -1.09. The molecule has 0 spiro atoms. The van der Waals surface area contributed by atoms with Gasteiger partial charge in [0.1, 0.15) is 6.61 Å². The SMILES string of the molecule is Cc1cnc(C(=O)O)c(OCc2ccccc2)c1. The number of rotatable bonds is 4. The molecule has 1 heterocycles. The van der Waals surface area contributed by atoms with E-state index in [2.05, 4.69) is 4.98 Å². The first kappa shape index (κ1) is 12.1. The Morgan fingerprint density at radius 1 is 1.33 bits per heavy atom. The summed E-state index contributed by atoms with van der Waals surface area (Å²) in [4.78, 5) is 14.9. The molecule has 1 N–H and O–H groups in total. The van der Waals surface area contributed by atoms with E-state index < -0.39 is 5.97 Å². The number of aromatic nitrogens is 1. The van der Waals surface area contributed by atoms with E-state index in [-0.39, 0.29) is 5.69 Å². The van der Waals surface area contributed by atoms with Crippen molar-refractivity contribution in [1.82, 2.24) is 4.98 Å². The van der Waals surface area contributed by atoms with Crippen molar-refractivity contribution >= 4 is 5.97 Å². The average Bonchev–Trinajstić information content (AvgIpc) is 2.37. The Balaban J connectivity index is 2.18. The number of nitrogens with zero attached hydrogens (tertiary/aromatic N) is 1. The van der Waals surface area contributed by atoms with Crippen LogP contribution in [0, 0.1) is 6.92 Å². The maximum absolute atomic E-state index is 11.0. The van der Waals surface area contributed by atoms with Crippen molar-refractivity contribution in [1.29, 1.82) is 0 Å². The van der Waals surface area contributed by atoms with Crippen molar-refractivity contribution in [3.05, 3.63) is 59.4 Å². The standard InChI is InChI=1S/C14H13NO3/c1-10-7-12(13(14(16)17)15-8-10)18-9-11-5-3-2-4-6-11/h2-8H,9H2,1H3,(H,16,17). The lowest BCUT2D eigenvalue weighted by Gasteiger charge is -2.09. The monoisotopic (exact) mass is 243 g/mol. The first-order chi connectivity index (χ1) is 8.66. The molecule has 0 aliphatic rings. The van der Waals surface area contributed by atoms with Crippen LogP contribution in [0.1, 0.15) is 21.6 Å². The fourth-order valence-corrected chi connectivity index (χ4v) is 1.55. The average molecular weight is 243 g/mol. The number of carbonyl (C=O) groups is 1. The highest BCUT2D eigenvalue weighted by Crippen LogP contribution is 2.19. The molecule has 1 aromatic carbocycles. The predicted octanol–water partition coefficient (Wildman–Crippen LogP) is 2.67. The van der Waals surface area contributed by atoms with Gasteiger partial charge in [-0.15, -0.1) is 0 Å². The summed E-state index contributed by atoms with van der Waals surface area (Å²) < 4.78 is 5.52. The molecule has 0 unspecified atom stereocenters. The van der Waals surface area contributed by atoms with Crippen LogP contribution < -0.4 is 4.74 Å². The Hall–Kier alpha value is -2.36. The van der Waals surface area contributed by atoms with E-state index in [0.717, 1.165) is 11.1 Å².